The molecule has 0 saturated heterocycles. The van der Waals surface area contributed by atoms with Crippen molar-refractivity contribution in [1.29, 1.82) is 0 Å². The average Bonchev–Trinajstić information content (AvgIpc) is 2.98. The molecule has 0 aliphatic carbocycles. The molecule has 0 aliphatic rings. The molecule has 0 atom stereocenters. The minimum absolute atomic E-state index is 0.0613. The number of unbranched alkanes of at least 4 members (excludes halogenated alkanes) is 1. The molecule has 0 bridgehead atoms. The highest BCUT2D eigenvalue weighted by molar-refractivity contribution is 7.97. The number of aryl methyl sites for hydroxylation is 2. The summed E-state index contributed by atoms with van der Waals surface area (Å²) in [6.45, 7) is 4.18. The lowest BCUT2D eigenvalue weighted by Gasteiger charge is -2.04. The number of hydrogen-bond donors (Lipinski definition) is 0. The monoisotopic (exact) mass is 352 g/mol. The normalized spacial score (nSPS) is 11.2. The number of furan rings is 1. The Morgan fingerprint density at radius 3 is 2.56 bits per heavy atom. The third-order valence-corrected chi connectivity index (χ3v) is 5.06. The summed E-state index contributed by atoms with van der Waals surface area (Å²) in [5.74, 6) is 1.82. The molecule has 0 radical (unpaired) electrons. The first-order chi connectivity index (χ1) is 12.1. The minimum atomic E-state index is 0.0613. The lowest BCUT2D eigenvalue weighted by molar-refractivity contribution is 0.103. The third-order valence-electron chi connectivity index (χ3n) is 4.43. The van der Waals surface area contributed by atoms with E-state index in [0.29, 0.717) is 0 Å². The number of carbonyl (C=O) groups is 1. The van der Waals surface area contributed by atoms with Crippen LogP contribution < -0.4 is 0 Å². The summed E-state index contributed by atoms with van der Waals surface area (Å²) >= 11 is 1.78. The van der Waals surface area contributed by atoms with Crippen LogP contribution in [0.3, 0.4) is 0 Å². The van der Waals surface area contributed by atoms with Gasteiger partial charge in [-0.3, -0.25) is 4.79 Å². The van der Waals surface area contributed by atoms with Crippen molar-refractivity contribution in [2.75, 3.05) is 6.26 Å². The fourth-order valence-corrected chi connectivity index (χ4v) is 3.58. The Hall–Kier alpha value is -2.00. The predicted octanol–water partition coefficient (Wildman–Crippen LogP) is 6.18. The summed E-state index contributed by atoms with van der Waals surface area (Å²) in [5.41, 5.74) is 4.66. The fraction of sp³-hybridized carbons (Fsp3) is 0.318. The molecular formula is C22H24O2S. The van der Waals surface area contributed by atoms with Crippen LogP contribution in [0, 0.1) is 6.92 Å². The first-order valence-corrected chi connectivity index (χ1v) is 10.2. The summed E-state index contributed by atoms with van der Waals surface area (Å²) in [7, 11) is 0. The van der Waals surface area contributed by atoms with Gasteiger partial charge in [0.15, 0.2) is 5.78 Å². The number of ketones is 1. The smallest absolute Gasteiger partial charge is 0.197 e. The van der Waals surface area contributed by atoms with E-state index < -0.39 is 0 Å². The van der Waals surface area contributed by atoms with E-state index >= 15 is 0 Å². The van der Waals surface area contributed by atoms with E-state index in [-0.39, 0.29) is 5.78 Å². The van der Waals surface area contributed by atoms with Gasteiger partial charge in [0.05, 0.1) is 5.56 Å². The topological polar surface area (TPSA) is 30.2 Å². The summed E-state index contributed by atoms with van der Waals surface area (Å²) in [6, 6.07) is 14.0. The SMILES string of the molecule is CCCCc1oc2ccc(CSC)cc2c1C(=O)c1ccc(C)cc1. The van der Waals surface area contributed by atoms with Gasteiger partial charge in [-0.25, -0.2) is 0 Å². The van der Waals surface area contributed by atoms with Crippen LogP contribution in [0.4, 0.5) is 0 Å². The van der Waals surface area contributed by atoms with Crippen LogP contribution in [-0.2, 0) is 12.2 Å². The number of carbonyl (C=O) groups excluding carboxylic acids is 1. The van der Waals surface area contributed by atoms with Gasteiger partial charge >= 0.3 is 0 Å². The van der Waals surface area contributed by atoms with Gasteiger partial charge in [-0.05, 0) is 37.3 Å². The molecule has 0 amide bonds. The Labute approximate surface area is 153 Å². The van der Waals surface area contributed by atoms with Crippen LogP contribution in [0.5, 0.6) is 0 Å². The van der Waals surface area contributed by atoms with Crippen LogP contribution in [0.15, 0.2) is 46.9 Å². The summed E-state index contributed by atoms with van der Waals surface area (Å²) in [5, 5.41) is 0.947. The quantitative estimate of drug-likeness (QED) is 0.476. The second kappa shape index (κ2) is 7.92. The Morgan fingerprint density at radius 1 is 1.12 bits per heavy atom. The third kappa shape index (κ3) is 3.82. The Bertz CT molecular complexity index is 875. The molecule has 0 N–H and O–H groups in total. The number of fused-ring (bicyclic) bond motifs is 1. The van der Waals surface area contributed by atoms with Gasteiger partial charge in [0.25, 0.3) is 0 Å². The summed E-state index contributed by atoms with van der Waals surface area (Å²) < 4.78 is 6.07. The highest BCUT2D eigenvalue weighted by atomic mass is 32.2. The van der Waals surface area contributed by atoms with E-state index in [1.54, 1.807) is 11.8 Å². The first kappa shape index (κ1) is 17.8. The molecule has 3 heteroatoms. The molecule has 1 heterocycles. The van der Waals surface area contributed by atoms with Crippen LogP contribution in [0.1, 0.15) is 52.6 Å². The van der Waals surface area contributed by atoms with E-state index in [0.717, 1.165) is 58.4 Å². The number of benzene rings is 2. The zero-order valence-electron chi connectivity index (χ0n) is 15.1. The van der Waals surface area contributed by atoms with Crippen molar-refractivity contribution in [3.63, 3.8) is 0 Å². The molecule has 3 rings (SSSR count). The van der Waals surface area contributed by atoms with Crippen molar-refractivity contribution in [3.05, 3.63) is 70.5 Å². The van der Waals surface area contributed by atoms with E-state index in [4.69, 9.17) is 4.42 Å². The molecule has 2 aromatic carbocycles. The number of thioether (sulfide) groups is 1. The molecule has 3 aromatic rings. The molecule has 0 unspecified atom stereocenters. The van der Waals surface area contributed by atoms with E-state index in [2.05, 4.69) is 25.3 Å². The van der Waals surface area contributed by atoms with E-state index in [1.165, 1.54) is 5.56 Å². The maximum absolute atomic E-state index is 13.2. The van der Waals surface area contributed by atoms with Crippen molar-refractivity contribution in [3.8, 4) is 0 Å². The van der Waals surface area contributed by atoms with Gasteiger partial charge in [-0.1, -0.05) is 49.2 Å². The van der Waals surface area contributed by atoms with Gasteiger partial charge in [0.2, 0.25) is 0 Å². The van der Waals surface area contributed by atoms with Crippen LogP contribution in [-0.4, -0.2) is 12.0 Å². The highest BCUT2D eigenvalue weighted by Crippen LogP contribution is 2.31. The van der Waals surface area contributed by atoms with Crippen molar-refractivity contribution in [1.82, 2.24) is 0 Å². The van der Waals surface area contributed by atoms with Crippen molar-refractivity contribution < 1.29 is 9.21 Å². The molecule has 0 spiro atoms. The average molecular weight is 352 g/mol. The van der Waals surface area contributed by atoms with E-state index in [1.807, 2.05) is 37.3 Å². The zero-order valence-corrected chi connectivity index (χ0v) is 15.9. The fourth-order valence-electron chi connectivity index (χ4n) is 3.06. The van der Waals surface area contributed by atoms with E-state index in [9.17, 15) is 4.79 Å². The van der Waals surface area contributed by atoms with Crippen LogP contribution in [0.25, 0.3) is 11.0 Å². The molecule has 0 saturated carbocycles. The molecule has 25 heavy (non-hydrogen) atoms. The lowest BCUT2D eigenvalue weighted by Crippen LogP contribution is -2.04. The summed E-state index contributed by atoms with van der Waals surface area (Å²) in [6.07, 6.45) is 4.99. The van der Waals surface area contributed by atoms with Crippen LogP contribution >= 0.6 is 11.8 Å². The molecular weight excluding hydrogens is 328 g/mol. The van der Waals surface area contributed by atoms with Gasteiger partial charge < -0.3 is 4.42 Å². The lowest BCUT2D eigenvalue weighted by atomic mass is 9.97. The standard InChI is InChI=1S/C22H24O2S/c1-4-5-6-20-21(22(23)17-10-7-15(2)8-11-17)18-13-16(14-25-3)9-12-19(18)24-20/h7-13H,4-6,14H2,1-3H3. The van der Waals surface area contributed by atoms with Crippen molar-refractivity contribution in [2.45, 2.75) is 38.9 Å². The Morgan fingerprint density at radius 2 is 1.88 bits per heavy atom. The molecule has 0 aliphatic heterocycles. The van der Waals surface area contributed by atoms with Crippen molar-refractivity contribution >= 4 is 28.5 Å². The maximum Gasteiger partial charge on any atom is 0.197 e. The van der Waals surface area contributed by atoms with Gasteiger partial charge in [-0.2, -0.15) is 11.8 Å². The molecule has 0 fully saturated rings. The molecule has 1 aromatic heterocycles. The number of hydrogen-bond acceptors (Lipinski definition) is 3. The zero-order chi connectivity index (χ0) is 17.8. The second-order valence-corrected chi connectivity index (χ2v) is 7.33. The largest absolute Gasteiger partial charge is 0.460 e. The van der Waals surface area contributed by atoms with Gasteiger partial charge in [0, 0.05) is 23.1 Å². The predicted molar refractivity (Wildman–Crippen MR) is 107 cm³/mol. The van der Waals surface area contributed by atoms with Gasteiger partial charge in [-0.15, -0.1) is 0 Å². The Balaban J connectivity index is 2.12. The first-order valence-electron chi connectivity index (χ1n) is 8.78. The summed E-state index contributed by atoms with van der Waals surface area (Å²) in [4.78, 5) is 13.2. The molecule has 130 valence electrons. The highest BCUT2D eigenvalue weighted by Gasteiger charge is 2.22. The number of rotatable bonds is 7. The second-order valence-electron chi connectivity index (χ2n) is 6.46. The minimum Gasteiger partial charge on any atom is -0.460 e. The molecule has 2 nitrogen and oxygen atoms in total. The van der Waals surface area contributed by atoms with Gasteiger partial charge in [0.1, 0.15) is 11.3 Å². The van der Waals surface area contributed by atoms with Crippen molar-refractivity contribution in [2.24, 2.45) is 0 Å². The maximum atomic E-state index is 13.2. The Kier molecular flexibility index (Phi) is 5.64. The van der Waals surface area contributed by atoms with Crippen LogP contribution in [0.2, 0.25) is 0 Å².